The molecule has 1 heterocycles. The van der Waals surface area contributed by atoms with Crippen molar-refractivity contribution in [2.45, 2.75) is 46.1 Å². The van der Waals surface area contributed by atoms with Gasteiger partial charge in [0.05, 0.1) is 6.04 Å². The molecule has 1 aliphatic heterocycles. The van der Waals surface area contributed by atoms with Crippen LogP contribution in [0.4, 0.5) is 0 Å². The first-order valence-electron chi connectivity index (χ1n) is 6.55. The summed E-state index contributed by atoms with van der Waals surface area (Å²) in [5, 5.41) is 3.37. The first-order valence-corrected chi connectivity index (χ1v) is 6.55. The monoisotopic (exact) mass is 224 g/mol. The van der Waals surface area contributed by atoms with Gasteiger partial charge in [-0.2, -0.15) is 0 Å². The van der Waals surface area contributed by atoms with Crippen LogP contribution in [0.2, 0.25) is 0 Å². The molecule has 1 unspecified atom stereocenters. The summed E-state index contributed by atoms with van der Waals surface area (Å²) in [4.78, 5) is 14.2. The molecule has 0 radical (unpaired) electrons. The number of hydrogen-bond donors (Lipinski definition) is 1. The fraction of sp³-hybridized carbons (Fsp3) is 0.923. The highest BCUT2D eigenvalue weighted by molar-refractivity contribution is 5.82. The molecule has 0 aromatic rings. The third kappa shape index (κ3) is 2.57. The second-order valence-electron chi connectivity index (χ2n) is 6.04. The van der Waals surface area contributed by atoms with E-state index in [-0.39, 0.29) is 6.04 Å². The number of rotatable bonds is 3. The standard InChI is InChI=1S/C13H24N2O/c1-10(2)4-7-15-9-13(5-6-13)8-14-11(3)12(15)16/h10-11,14H,4-9H2,1-3H3. The van der Waals surface area contributed by atoms with Crippen LogP contribution in [0, 0.1) is 11.3 Å². The van der Waals surface area contributed by atoms with Crippen LogP contribution in [0.5, 0.6) is 0 Å². The normalized spacial score (nSPS) is 28.6. The van der Waals surface area contributed by atoms with Crippen LogP contribution >= 0.6 is 0 Å². The predicted molar refractivity (Wildman–Crippen MR) is 65.2 cm³/mol. The van der Waals surface area contributed by atoms with Crippen molar-refractivity contribution in [2.24, 2.45) is 11.3 Å². The largest absolute Gasteiger partial charge is 0.341 e. The van der Waals surface area contributed by atoms with Gasteiger partial charge in [-0.25, -0.2) is 0 Å². The summed E-state index contributed by atoms with van der Waals surface area (Å²) in [7, 11) is 0. The van der Waals surface area contributed by atoms with Crippen LogP contribution in [0.25, 0.3) is 0 Å². The summed E-state index contributed by atoms with van der Waals surface area (Å²) in [5.41, 5.74) is 0.428. The molecule has 1 N–H and O–H groups in total. The molecule has 2 rings (SSSR count). The van der Waals surface area contributed by atoms with E-state index in [9.17, 15) is 4.79 Å². The molecule has 1 spiro atoms. The summed E-state index contributed by atoms with van der Waals surface area (Å²) >= 11 is 0. The van der Waals surface area contributed by atoms with Gasteiger partial charge in [0.15, 0.2) is 0 Å². The molecule has 1 saturated heterocycles. The average Bonchev–Trinajstić information content (AvgIpc) is 3.00. The number of nitrogens with zero attached hydrogens (tertiary/aromatic N) is 1. The fourth-order valence-electron chi connectivity index (χ4n) is 2.38. The van der Waals surface area contributed by atoms with E-state index in [1.165, 1.54) is 12.8 Å². The lowest BCUT2D eigenvalue weighted by Gasteiger charge is -2.25. The molecule has 0 aromatic carbocycles. The van der Waals surface area contributed by atoms with Crippen LogP contribution in [-0.2, 0) is 4.79 Å². The van der Waals surface area contributed by atoms with E-state index in [1.54, 1.807) is 0 Å². The van der Waals surface area contributed by atoms with Crippen molar-refractivity contribution in [2.75, 3.05) is 19.6 Å². The Bertz CT molecular complexity index is 271. The lowest BCUT2D eigenvalue weighted by molar-refractivity contribution is -0.132. The quantitative estimate of drug-likeness (QED) is 0.790. The van der Waals surface area contributed by atoms with Crippen molar-refractivity contribution >= 4 is 5.91 Å². The minimum atomic E-state index is 0.00661. The Balaban J connectivity index is 1.98. The maximum Gasteiger partial charge on any atom is 0.239 e. The second kappa shape index (κ2) is 4.36. The van der Waals surface area contributed by atoms with Gasteiger partial charge in [-0.15, -0.1) is 0 Å². The van der Waals surface area contributed by atoms with Crippen molar-refractivity contribution in [1.82, 2.24) is 10.2 Å². The zero-order chi connectivity index (χ0) is 11.8. The SMILES string of the molecule is CC(C)CCN1CC2(CC2)CNC(C)C1=O. The molecule has 0 bridgehead atoms. The summed E-state index contributed by atoms with van der Waals surface area (Å²) in [6, 6.07) is 0.00661. The molecule has 92 valence electrons. The Morgan fingerprint density at radius 1 is 1.50 bits per heavy atom. The molecule has 3 nitrogen and oxygen atoms in total. The molecule has 2 aliphatic rings. The molecule has 0 aromatic heterocycles. The molecule has 3 heteroatoms. The summed E-state index contributed by atoms with van der Waals surface area (Å²) in [6.45, 7) is 9.37. The molecule has 1 aliphatic carbocycles. The summed E-state index contributed by atoms with van der Waals surface area (Å²) in [5.74, 6) is 0.971. The van der Waals surface area contributed by atoms with Crippen LogP contribution in [0.1, 0.15) is 40.0 Å². The first-order chi connectivity index (χ1) is 7.52. The second-order valence-corrected chi connectivity index (χ2v) is 6.04. The van der Waals surface area contributed by atoms with Crippen molar-refractivity contribution < 1.29 is 4.79 Å². The van der Waals surface area contributed by atoms with Gasteiger partial charge >= 0.3 is 0 Å². The average molecular weight is 224 g/mol. The van der Waals surface area contributed by atoms with Crippen molar-refractivity contribution in [3.05, 3.63) is 0 Å². The van der Waals surface area contributed by atoms with Crippen LogP contribution in [-0.4, -0.2) is 36.5 Å². The van der Waals surface area contributed by atoms with Crippen molar-refractivity contribution in [1.29, 1.82) is 0 Å². The van der Waals surface area contributed by atoms with Gasteiger partial charge in [0.1, 0.15) is 0 Å². The van der Waals surface area contributed by atoms with E-state index in [4.69, 9.17) is 0 Å². The third-order valence-corrected chi connectivity index (χ3v) is 3.93. The number of carbonyl (C=O) groups excluding carboxylic acids is 1. The van der Waals surface area contributed by atoms with Crippen LogP contribution in [0.3, 0.4) is 0 Å². The third-order valence-electron chi connectivity index (χ3n) is 3.93. The van der Waals surface area contributed by atoms with E-state index in [2.05, 4.69) is 24.1 Å². The molecule has 1 amide bonds. The van der Waals surface area contributed by atoms with Gasteiger partial charge in [0.25, 0.3) is 0 Å². The Hall–Kier alpha value is -0.570. The zero-order valence-corrected chi connectivity index (χ0v) is 10.8. The highest BCUT2D eigenvalue weighted by Gasteiger charge is 2.47. The van der Waals surface area contributed by atoms with E-state index >= 15 is 0 Å². The van der Waals surface area contributed by atoms with E-state index in [0.717, 1.165) is 26.1 Å². The number of hydrogen-bond acceptors (Lipinski definition) is 2. The topological polar surface area (TPSA) is 32.3 Å². The van der Waals surface area contributed by atoms with Crippen molar-refractivity contribution in [3.8, 4) is 0 Å². The minimum absolute atomic E-state index is 0.00661. The van der Waals surface area contributed by atoms with Gasteiger partial charge in [0, 0.05) is 25.0 Å². The van der Waals surface area contributed by atoms with Gasteiger partial charge < -0.3 is 10.2 Å². The number of nitrogens with one attached hydrogen (secondary N) is 1. The first kappa shape index (κ1) is 11.9. The number of carbonyl (C=O) groups is 1. The zero-order valence-electron chi connectivity index (χ0n) is 10.8. The van der Waals surface area contributed by atoms with Crippen LogP contribution in [0.15, 0.2) is 0 Å². The van der Waals surface area contributed by atoms with E-state index < -0.39 is 0 Å². The van der Waals surface area contributed by atoms with Gasteiger partial charge in [0.2, 0.25) is 5.91 Å². The number of amides is 1. The molecule has 2 fully saturated rings. The van der Waals surface area contributed by atoms with Gasteiger partial charge in [-0.1, -0.05) is 13.8 Å². The molecular formula is C13H24N2O. The summed E-state index contributed by atoms with van der Waals surface area (Å²) < 4.78 is 0. The lowest BCUT2D eigenvalue weighted by atomic mass is 10.1. The van der Waals surface area contributed by atoms with Crippen LogP contribution < -0.4 is 5.32 Å². The molecular weight excluding hydrogens is 200 g/mol. The highest BCUT2D eigenvalue weighted by atomic mass is 16.2. The maximum atomic E-state index is 12.1. The Morgan fingerprint density at radius 3 is 2.75 bits per heavy atom. The smallest absolute Gasteiger partial charge is 0.239 e. The lowest BCUT2D eigenvalue weighted by Crippen LogP contribution is -2.42. The highest BCUT2D eigenvalue weighted by Crippen LogP contribution is 2.46. The van der Waals surface area contributed by atoms with E-state index in [1.807, 2.05) is 6.92 Å². The maximum absolute atomic E-state index is 12.1. The Morgan fingerprint density at radius 2 is 2.19 bits per heavy atom. The molecule has 16 heavy (non-hydrogen) atoms. The minimum Gasteiger partial charge on any atom is -0.341 e. The Kier molecular flexibility index (Phi) is 3.24. The molecule has 1 saturated carbocycles. The molecule has 1 atom stereocenters. The summed E-state index contributed by atoms with van der Waals surface area (Å²) in [6.07, 6.45) is 3.70. The van der Waals surface area contributed by atoms with E-state index in [0.29, 0.717) is 17.2 Å². The Labute approximate surface area is 98.6 Å². The van der Waals surface area contributed by atoms with Gasteiger partial charge in [-0.05, 0) is 32.1 Å². The van der Waals surface area contributed by atoms with Crippen molar-refractivity contribution in [3.63, 3.8) is 0 Å². The predicted octanol–water partition coefficient (Wildman–Crippen LogP) is 1.63. The van der Waals surface area contributed by atoms with Gasteiger partial charge in [-0.3, -0.25) is 4.79 Å². The fourth-order valence-corrected chi connectivity index (χ4v) is 2.38.